The Morgan fingerprint density at radius 2 is 2.21 bits per heavy atom. The van der Waals surface area contributed by atoms with Crippen LogP contribution in [0, 0.1) is 0 Å². The Hall–Kier alpha value is -0.610. The lowest BCUT2D eigenvalue weighted by molar-refractivity contribution is -0.143. The van der Waals surface area contributed by atoms with Gasteiger partial charge in [-0.1, -0.05) is 6.42 Å². The summed E-state index contributed by atoms with van der Waals surface area (Å²) in [6, 6.07) is 0.560. The first-order valence-corrected chi connectivity index (χ1v) is 7.71. The van der Waals surface area contributed by atoms with Crippen molar-refractivity contribution in [1.82, 2.24) is 4.90 Å². The second kappa shape index (κ2) is 9.32. The average molecular weight is 271 g/mol. The number of ether oxygens (including phenoxy) is 1. The van der Waals surface area contributed by atoms with Crippen LogP contribution < -0.4 is 0 Å². The van der Waals surface area contributed by atoms with E-state index in [0.29, 0.717) is 19.1 Å². The minimum Gasteiger partial charge on any atom is -0.466 e. The molecule has 0 saturated carbocycles. The van der Waals surface area contributed by atoms with Crippen LogP contribution in [0.15, 0.2) is 0 Å². The molecule has 0 amide bonds. The van der Waals surface area contributed by atoms with E-state index in [-0.39, 0.29) is 12.1 Å². The first-order valence-electron chi connectivity index (χ1n) is 7.71. The number of rotatable bonds is 9. The predicted molar refractivity (Wildman–Crippen MR) is 76.0 cm³/mol. The first kappa shape index (κ1) is 16.4. The molecule has 1 N–H and O–H groups in total. The number of aliphatic hydroxyl groups is 1. The van der Waals surface area contributed by atoms with E-state index in [1.165, 1.54) is 12.8 Å². The lowest BCUT2D eigenvalue weighted by atomic mass is 10.1. The molecule has 2 atom stereocenters. The molecule has 1 aliphatic heterocycles. The first-order chi connectivity index (χ1) is 9.13. The van der Waals surface area contributed by atoms with Crippen molar-refractivity contribution in [1.29, 1.82) is 0 Å². The van der Waals surface area contributed by atoms with E-state index in [0.717, 1.165) is 38.8 Å². The van der Waals surface area contributed by atoms with Gasteiger partial charge < -0.3 is 14.7 Å². The number of esters is 1. The quantitative estimate of drug-likeness (QED) is 0.516. The zero-order valence-electron chi connectivity index (χ0n) is 12.4. The Balaban J connectivity index is 2.06. The van der Waals surface area contributed by atoms with Crippen molar-refractivity contribution in [3.05, 3.63) is 0 Å². The Morgan fingerprint density at radius 1 is 1.42 bits per heavy atom. The van der Waals surface area contributed by atoms with Crippen molar-refractivity contribution in [2.24, 2.45) is 0 Å². The third kappa shape index (κ3) is 6.92. The lowest BCUT2D eigenvalue weighted by Crippen LogP contribution is -2.32. The van der Waals surface area contributed by atoms with Gasteiger partial charge in [0.25, 0.3) is 0 Å². The van der Waals surface area contributed by atoms with Gasteiger partial charge in [-0.25, -0.2) is 0 Å². The molecule has 0 aromatic heterocycles. The molecule has 112 valence electrons. The lowest BCUT2D eigenvalue weighted by Gasteiger charge is -2.25. The molecule has 0 aliphatic carbocycles. The third-order valence-electron chi connectivity index (χ3n) is 3.74. The summed E-state index contributed by atoms with van der Waals surface area (Å²) in [5.41, 5.74) is 0. The van der Waals surface area contributed by atoms with Gasteiger partial charge in [-0.15, -0.1) is 0 Å². The van der Waals surface area contributed by atoms with Gasteiger partial charge in [-0.05, 0) is 59.0 Å². The van der Waals surface area contributed by atoms with Gasteiger partial charge in [0, 0.05) is 12.5 Å². The Bertz CT molecular complexity index is 256. The summed E-state index contributed by atoms with van der Waals surface area (Å²) in [5, 5.41) is 9.47. The molecule has 1 fully saturated rings. The molecule has 1 rings (SSSR count). The molecule has 4 heteroatoms. The molecule has 0 aromatic rings. The van der Waals surface area contributed by atoms with Crippen LogP contribution in [0.25, 0.3) is 0 Å². The van der Waals surface area contributed by atoms with Crippen LogP contribution in [0.3, 0.4) is 0 Å². The van der Waals surface area contributed by atoms with Crippen molar-refractivity contribution < 1.29 is 14.6 Å². The van der Waals surface area contributed by atoms with Gasteiger partial charge in [0.15, 0.2) is 0 Å². The smallest absolute Gasteiger partial charge is 0.305 e. The minimum absolute atomic E-state index is 0.0735. The van der Waals surface area contributed by atoms with E-state index in [2.05, 4.69) is 4.90 Å². The summed E-state index contributed by atoms with van der Waals surface area (Å²) in [5.74, 6) is -0.0735. The number of aliphatic hydroxyl groups excluding tert-OH is 1. The largest absolute Gasteiger partial charge is 0.466 e. The fraction of sp³-hybridized carbons (Fsp3) is 0.933. The van der Waals surface area contributed by atoms with Gasteiger partial charge in [0.1, 0.15) is 0 Å². The average Bonchev–Trinajstić information content (AvgIpc) is 2.76. The molecule has 0 radical (unpaired) electrons. The van der Waals surface area contributed by atoms with Crippen LogP contribution in [0.4, 0.5) is 0 Å². The number of carbonyl (C=O) groups is 1. The standard InChI is InChI=1S/C15H29NO3/c1-3-19-15(18)9-5-4-6-10-16-11-7-8-14(16)12-13(2)17/h13-14,17H,3-12H2,1-2H3. The second-order valence-electron chi connectivity index (χ2n) is 5.53. The summed E-state index contributed by atoms with van der Waals surface area (Å²) < 4.78 is 4.91. The van der Waals surface area contributed by atoms with Crippen LogP contribution in [-0.4, -0.2) is 47.8 Å². The summed E-state index contributed by atoms with van der Waals surface area (Å²) in [4.78, 5) is 13.7. The van der Waals surface area contributed by atoms with E-state index in [1.807, 2.05) is 13.8 Å². The van der Waals surface area contributed by atoms with E-state index in [1.54, 1.807) is 0 Å². The molecule has 19 heavy (non-hydrogen) atoms. The highest BCUT2D eigenvalue weighted by Gasteiger charge is 2.24. The predicted octanol–water partition coefficient (Wildman–Crippen LogP) is 2.35. The van der Waals surface area contributed by atoms with E-state index < -0.39 is 0 Å². The van der Waals surface area contributed by atoms with Gasteiger partial charge in [0.05, 0.1) is 12.7 Å². The number of carbonyl (C=O) groups excluding carboxylic acids is 1. The molecule has 0 aromatic carbocycles. The summed E-state index contributed by atoms with van der Waals surface area (Å²) in [6.45, 7) is 6.45. The number of likely N-dealkylation sites (tertiary alicyclic amines) is 1. The van der Waals surface area contributed by atoms with Crippen LogP contribution >= 0.6 is 0 Å². The fourth-order valence-corrected chi connectivity index (χ4v) is 2.84. The maximum absolute atomic E-state index is 11.2. The number of unbranched alkanes of at least 4 members (excludes halogenated alkanes) is 2. The van der Waals surface area contributed by atoms with Crippen molar-refractivity contribution in [2.75, 3.05) is 19.7 Å². The normalized spacial score (nSPS) is 21.5. The summed E-state index contributed by atoms with van der Waals surface area (Å²) >= 11 is 0. The molecule has 0 spiro atoms. The van der Waals surface area contributed by atoms with Crippen LogP contribution in [0.2, 0.25) is 0 Å². The number of hydrogen-bond acceptors (Lipinski definition) is 4. The minimum atomic E-state index is -0.200. The Kier molecular flexibility index (Phi) is 8.07. The van der Waals surface area contributed by atoms with Crippen molar-refractivity contribution >= 4 is 5.97 Å². The molecule has 2 unspecified atom stereocenters. The molecule has 4 nitrogen and oxygen atoms in total. The van der Waals surface area contributed by atoms with Crippen LogP contribution in [-0.2, 0) is 9.53 Å². The van der Waals surface area contributed by atoms with E-state index in [4.69, 9.17) is 4.74 Å². The summed E-state index contributed by atoms with van der Waals surface area (Å²) in [7, 11) is 0. The van der Waals surface area contributed by atoms with Crippen LogP contribution in [0.1, 0.15) is 58.8 Å². The molecule has 0 bridgehead atoms. The second-order valence-corrected chi connectivity index (χ2v) is 5.53. The summed E-state index contributed by atoms with van der Waals surface area (Å²) in [6.07, 6.45) is 6.84. The van der Waals surface area contributed by atoms with Gasteiger partial charge in [-0.2, -0.15) is 0 Å². The molecular formula is C15H29NO3. The highest BCUT2D eigenvalue weighted by Crippen LogP contribution is 2.22. The zero-order chi connectivity index (χ0) is 14.1. The number of nitrogens with zero attached hydrogens (tertiary/aromatic N) is 1. The van der Waals surface area contributed by atoms with Crippen molar-refractivity contribution in [2.45, 2.75) is 70.9 Å². The monoisotopic (exact) mass is 271 g/mol. The van der Waals surface area contributed by atoms with Crippen LogP contribution in [0.5, 0.6) is 0 Å². The highest BCUT2D eigenvalue weighted by molar-refractivity contribution is 5.69. The molecule has 1 saturated heterocycles. The van der Waals surface area contributed by atoms with Gasteiger partial charge in [0.2, 0.25) is 0 Å². The number of hydrogen-bond donors (Lipinski definition) is 1. The SMILES string of the molecule is CCOC(=O)CCCCCN1CCCC1CC(C)O. The maximum Gasteiger partial charge on any atom is 0.305 e. The molecule has 1 aliphatic rings. The van der Waals surface area contributed by atoms with E-state index >= 15 is 0 Å². The van der Waals surface area contributed by atoms with Crippen molar-refractivity contribution in [3.8, 4) is 0 Å². The molecular weight excluding hydrogens is 242 g/mol. The highest BCUT2D eigenvalue weighted by atomic mass is 16.5. The van der Waals surface area contributed by atoms with Gasteiger partial charge >= 0.3 is 5.97 Å². The zero-order valence-corrected chi connectivity index (χ0v) is 12.4. The Labute approximate surface area is 117 Å². The fourth-order valence-electron chi connectivity index (χ4n) is 2.84. The van der Waals surface area contributed by atoms with Gasteiger partial charge in [-0.3, -0.25) is 4.79 Å². The van der Waals surface area contributed by atoms with E-state index in [9.17, 15) is 9.90 Å². The Morgan fingerprint density at radius 3 is 2.89 bits per heavy atom. The maximum atomic E-state index is 11.2. The van der Waals surface area contributed by atoms with Crippen molar-refractivity contribution in [3.63, 3.8) is 0 Å². The third-order valence-corrected chi connectivity index (χ3v) is 3.74. The molecule has 1 heterocycles. The topological polar surface area (TPSA) is 49.8 Å².